The van der Waals surface area contributed by atoms with Crippen molar-refractivity contribution in [1.82, 2.24) is 26.5 Å². The van der Waals surface area contributed by atoms with Crippen molar-refractivity contribution in [2.45, 2.75) is 12.6 Å². The molecule has 0 saturated carbocycles. The number of pyridine rings is 1. The van der Waals surface area contributed by atoms with Gasteiger partial charge in [0.15, 0.2) is 5.83 Å². The fourth-order valence-corrected chi connectivity index (χ4v) is 3.43. The highest BCUT2D eigenvalue weighted by molar-refractivity contribution is 6.04. The lowest BCUT2D eigenvalue weighted by Gasteiger charge is -2.16. The highest BCUT2D eigenvalue weighted by Crippen LogP contribution is 2.30. The lowest BCUT2D eigenvalue weighted by atomic mass is 9.99. The number of nitrogens with two attached hydrogens (primary N) is 1. The van der Waals surface area contributed by atoms with Crippen LogP contribution in [0.15, 0.2) is 72.1 Å². The van der Waals surface area contributed by atoms with E-state index in [1.807, 2.05) is 30.3 Å². The molecule has 0 aliphatic rings. The van der Waals surface area contributed by atoms with Gasteiger partial charge in [0.2, 0.25) is 11.9 Å². The molecule has 0 aliphatic carbocycles. The molecule has 3 aromatic rings. The van der Waals surface area contributed by atoms with Crippen LogP contribution in [0.2, 0.25) is 0 Å². The smallest absolute Gasteiger partial charge is 0.283 e. The van der Waals surface area contributed by atoms with E-state index < -0.39 is 17.8 Å². The number of anilines is 1. The number of halogens is 1. The average molecular weight is 508 g/mol. The predicted octanol–water partition coefficient (Wildman–Crippen LogP) is 1.34. The first kappa shape index (κ1) is 27.2. The third-order valence-electron chi connectivity index (χ3n) is 5.23. The number of fused-ring (bicyclic) bond motifs is 1. The summed E-state index contributed by atoms with van der Waals surface area (Å²) in [6.45, 7) is 3.55. The van der Waals surface area contributed by atoms with Crippen LogP contribution in [0, 0.1) is 5.41 Å². The molecular weight excluding hydrogens is 477 g/mol. The quantitative estimate of drug-likeness (QED) is 0.0927. The molecule has 0 radical (unpaired) electrons. The van der Waals surface area contributed by atoms with Crippen molar-refractivity contribution in [2.75, 3.05) is 25.5 Å². The molecule has 2 aromatic carbocycles. The second kappa shape index (κ2) is 13.1. The van der Waals surface area contributed by atoms with Crippen LogP contribution >= 0.6 is 0 Å². The standard InChI is InChI=1S/C25H30FN9O2/c1-15(26)23(37)33-18-7-8-21-16(11-18)9-10-30-22(21)20-6-4-3-5-17(20)13-32-25(35-29-2)34-24(28)31-14-19(36)12-27/h3-11,19,29,36H,1,12-14,27H2,2H3,(H,33,37)(H4,28,31,32,34,35). The maximum atomic E-state index is 13.1. The number of aliphatic hydroxyl groups excluding tert-OH is 1. The Hall–Kier alpha value is -4.39. The maximum absolute atomic E-state index is 13.1. The van der Waals surface area contributed by atoms with Gasteiger partial charge in [0, 0.05) is 49.5 Å². The number of aliphatic hydroxyl groups is 1. The fraction of sp³-hybridized carbons (Fsp3) is 0.200. The van der Waals surface area contributed by atoms with Crippen LogP contribution in [0.4, 0.5) is 10.1 Å². The number of hydrogen-bond donors (Lipinski definition) is 8. The van der Waals surface area contributed by atoms with E-state index in [4.69, 9.17) is 11.1 Å². The molecule has 9 N–H and O–H groups in total. The van der Waals surface area contributed by atoms with Crippen LogP contribution in [0.25, 0.3) is 22.0 Å². The van der Waals surface area contributed by atoms with Crippen molar-refractivity contribution < 1.29 is 14.3 Å². The van der Waals surface area contributed by atoms with Crippen molar-refractivity contribution >= 4 is 34.3 Å². The zero-order chi connectivity index (χ0) is 26.8. The highest BCUT2D eigenvalue weighted by atomic mass is 19.1. The first-order valence-electron chi connectivity index (χ1n) is 11.4. The maximum Gasteiger partial charge on any atom is 0.283 e. The van der Waals surface area contributed by atoms with Crippen molar-refractivity contribution in [2.24, 2.45) is 10.7 Å². The Labute approximate surface area is 213 Å². The second-order valence-corrected chi connectivity index (χ2v) is 7.92. The SMILES string of the molecule is C=C(F)C(=O)Nc1ccc2c(-c3ccccc3CN/C(=N/C(=N)NCC(O)CN)NNC)nccc2c1. The number of rotatable bonds is 9. The number of amides is 1. The van der Waals surface area contributed by atoms with E-state index in [1.165, 1.54) is 0 Å². The second-order valence-electron chi connectivity index (χ2n) is 7.92. The first-order chi connectivity index (χ1) is 17.8. The van der Waals surface area contributed by atoms with Crippen LogP contribution in [0.5, 0.6) is 0 Å². The summed E-state index contributed by atoms with van der Waals surface area (Å²) < 4.78 is 13.1. The van der Waals surface area contributed by atoms with Crippen LogP contribution in [0.1, 0.15) is 5.56 Å². The van der Waals surface area contributed by atoms with E-state index in [0.29, 0.717) is 12.2 Å². The zero-order valence-corrected chi connectivity index (χ0v) is 20.3. The van der Waals surface area contributed by atoms with Gasteiger partial charge >= 0.3 is 0 Å². The van der Waals surface area contributed by atoms with Gasteiger partial charge in [0.05, 0.1) is 11.8 Å². The molecule has 0 aliphatic heterocycles. The van der Waals surface area contributed by atoms with E-state index in [2.05, 4.69) is 43.4 Å². The fourth-order valence-electron chi connectivity index (χ4n) is 3.43. The molecule has 1 aromatic heterocycles. The van der Waals surface area contributed by atoms with E-state index in [9.17, 15) is 14.3 Å². The molecular formula is C25H30FN9O2. The predicted molar refractivity (Wildman–Crippen MR) is 143 cm³/mol. The molecule has 1 amide bonds. The summed E-state index contributed by atoms with van der Waals surface area (Å²) in [5.41, 5.74) is 14.0. The molecule has 1 unspecified atom stereocenters. The Bertz CT molecular complexity index is 1310. The average Bonchev–Trinajstić information content (AvgIpc) is 2.90. The minimum atomic E-state index is -1.06. The molecule has 1 atom stereocenters. The van der Waals surface area contributed by atoms with Crippen molar-refractivity contribution in [3.8, 4) is 11.3 Å². The summed E-state index contributed by atoms with van der Waals surface area (Å²) in [7, 11) is 1.67. The van der Waals surface area contributed by atoms with Gasteiger partial charge in [-0.2, -0.15) is 4.99 Å². The van der Waals surface area contributed by atoms with Crippen LogP contribution in [-0.2, 0) is 11.3 Å². The van der Waals surface area contributed by atoms with Crippen molar-refractivity contribution in [3.63, 3.8) is 0 Å². The number of carbonyl (C=O) groups is 1. The summed E-state index contributed by atoms with van der Waals surface area (Å²) in [4.78, 5) is 20.4. The number of aromatic nitrogens is 1. The lowest BCUT2D eigenvalue weighted by Crippen LogP contribution is -2.45. The minimum Gasteiger partial charge on any atom is -0.390 e. The Morgan fingerprint density at radius 1 is 1.24 bits per heavy atom. The largest absolute Gasteiger partial charge is 0.390 e. The van der Waals surface area contributed by atoms with E-state index in [-0.39, 0.29) is 25.0 Å². The lowest BCUT2D eigenvalue weighted by molar-refractivity contribution is -0.114. The Morgan fingerprint density at radius 3 is 2.76 bits per heavy atom. The molecule has 0 saturated heterocycles. The Kier molecular flexibility index (Phi) is 9.61. The number of benzene rings is 2. The Morgan fingerprint density at radius 2 is 2.03 bits per heavy atom. The van der Waals surface area contributed by atoms with Crippen molar-refractivity contribution in [3.05, 3.63) is 72.7 Å². The summed E-state index contributed by atoms with van der Waals surface area (Å²) in [6.07, 6.45) is 0.888. The van der Waals surface area contributed by atoms with Crippen LogP contribution < -0.4 is 32.5 Å². The summed E-state index contributed by atoms with van der Waals surface area (Å²) in [5, 5.41) is 27.5. The third kappa shape index (κ3) is 7.54. The number of guanidine groups is 2. The molecule has 12 heteroatoms. The van der Waals surface area contributed by atoms with E-state index in [0.717, 1.165) is 27.6 Å². The van der Waals surface area contributed by atoms with Gasteiger partial charge in [-0.3, -0.25) is 20.6 Å². The summed E-state index contributed by atoms with van der Waals surface area (Å²) >= 11 is 0. The van der Waals surface area contributed by atoms with Gasteiger partial charge in [-0.05, 0) is 29.1 Å². The van der Waals surface area contributed by atoms with Gasteiger partial charge < -0.3 is 26.8 Å². The number of nitrogens with zero attached hydrogens (tertiary/aromatic N) is 2. The summed E-state index contributed by atoms with van der Waals surface area (Å²) in [6, 6.07) is 14.7. The summed E-state index contributed by atoms with van der Waals surface area (Å²) in [5.74, 6) is -1.82. The highest BCUT2D eigenvalue weighted by Gasteiger charge is 2.13. The minimum absolute atomic E-state index is 0.0756. The topological polar surface area (TPSA) is 173 Å². The van der Waals surface area contributed by atoms with E-state index in [1.54, 1.807) is 31.4 Å². The monoisotopic (exact) mass is 507 g/mol. The van der Waals surface area contributed by atoms with Gasteiger partial charge in [-0.25, -0.2) is 9.82 Å². The number of nitrogens with one attached hydrogen (secondary N) is 6. The molecule has 0 fully saturated rings. The molecule has 0 bridgehead atoms. The number of hydrogen-bond acceptors (Lipinski definition) is 6. The van der Waals surface area contributed by atoms with E-state index >= 15 is 0 Å². The normalized spacial score (nSPS) is 12.1. The van der Waals surface area contributed by atoms with Gasteiger partial charge in [0.1, 0.15) is 0 Å². The molecule has 3 rings (SSSR count). The molecule has 1 heterocycles. The molecule has 11 nitrogen and oxygen atoms in total. The van der Waals surface area contributed by atoms with Gasteiger partial charge in [-0.1, -0.05) is 36.9 Å². The number of aliphatic imine (C=N–C) groups is 1. The number of carbonyl (C=O) groups excluding carboxylic acids is 1. The molecule has 0 spiro atoms. The van der Waals surface area contributed by atoms with Crippen LogP contribution in [0.3, 0.4) is 0 Å². The third-order valence-corrected chi connectivity index (χ3v) is 5.23. The van der Waals surface area contributed by atoms with Crippen LogP contribution in [-0.4, -0.2) is 54.2 Å². The molecule has 37 heavy (non-hydrogen) atoms. The van der Waals surface area contributed by atoms with Crippen molar-refractivity contribution in [1.29, 1.82) is 5.41 Å². The number of hydrazine groups is 1. The van der Waals surface area contributed by atoms with Gasteiger partial charge in [-0.15, -0.1) is 0 Å². The first-order valence-corrected chi connectivity index (χ1v) is 11.4. The Balaban J connectivity index is 1.84. The zero-order valence-electron chi connectivity index (χ0n) is 20.3. The molecule has 194 valence electrons. The van der Waals surface area contributed by atoms with Gasteiger partial charge in [0.25, 0.3) is 5.91 Å².